The van der Waals surface area contributed by atoms with E-state index in [-0.39, 0.29) is 0 Å². The molecule has 2 aromatic carbocycles. The Morgan fingerprint density at radius 1 is 0.464 bits per heavy atom. The van der Waals surface area contributed by atoms with E-state index in [0.29, 0.717) is 0 Å². The van der Waals surface area contributed by atoms with Gasteiger partial charge < -0.3 is 14.4 Å². The summed E-state index contributed by atoms with van der Waals surface area (Å²) in [6, 6.07) is 0. The molecule has 0 saturated carbocycles. The molecule has 2 aromatic rings. The van der Waals surface area contributed by atoms with Gasteiger partial charge in [0, 0.05) is 0 Å². The first-order valence-corrected chi connectivity index (χ1v) is 17.8. The van der Waals surface area contributed by atoms with E-state index in [4.69, 9.17) is 14.4 Å². The second kappa shape index (κ2) is 19.4. The van der Waals surface area contributed by atoms with Crippen LogP contribution in [0.5, 0.6) is 0 Å². The van der Waals surface area contributed by atoms with Crippen LogP contribution in [-0.2, 0) is 45.5 Å². The van der Waals surface area contributed by atoms with Gasteiger partial charge in [0.25, 0.3) is 0 Å². The van der Waals surface area contributed by atoms with Gasteiger partial charge in [-0.05, 0) is 0 Å². The van der Waals surface area contributed by atoms with Gasteiger partial charge in [0.05, 0.1) is 0 Å². The normalized spacial score (nSPS) is 8.07. The molecule has 0 aliphatic carbocycles. The van der Waals surface area contributed by atoms with Crippen molar-refractivity contribution in [1.29, 1.82) is 0 Å². The van der Waals surface area contributed by atoms with Gasteiger partial charge in [-0.25, -0.2) is 0 Å². The van der Waals surface area contributed by atoms with Crippen LogP contribution in [0.2, 0.25) is 0 Å². The summed E-state index contributed by atoms with van der Waals surface area (Å²) >= 11 is 3.56. The SMILES string of the molecule is Cc1c(C)c(C)[c-](C)c1C.Cc1c(C)c(C)[c-](C)c1C.[CH-]=O.[CH-]=O.[CH-]=O.[Re]#[Re]. The molecule has 162 valence electrons. The van der Waals surface area contributed by atoms with E-state index in [2.05, 4.69) is 89.6 Å². The van der Waals surface area contributed by atoms with Gasteiger partial charge in [-0.3, -0.25) is 20.4 Å². The van der Waals surface area contributed by atoms with Gasteiger partial charge >= 0.3 is 31.1 Å². The van der Waals surface area contributed by atoms with E-state index in [9.17, 15) is 0 Å². The van der Waals surface area contributed by atoms with E-state index < -0.39 is 0 Å². The Bertz CT molecular complexity index is 501. The summed E-state index contributed by atoms with van der Waals surface area (Å²) in [5.41, 5.74) is 14.7. The van der Waals surface area contributed by atoms with Crippen molar-refractivity contribution in [3.05, 3.63) is 55.6 Å². The molecule has 0 N–H and O–H groups in total. The molecular weight excluding hydrogens is 697 g/mol. The Morgan fingerprint density at radius 2 is 0.571 bits per heavy atom. The van der Waals surface area contributed by atoms with Gasteiger partial charge in [0.15, 0.2) is 0 Å². The van der Waals surface area contributed by atoms with Crippen LogP contribution in [0.1, 0.15) is 55.6 Å². The zero-order valence-corrected chi connectivity index (χ0v) is 24.1. The minimum atomic E-state index is 1.47. The molecule has 0 radical (unpaired) electrons. The third kappa shape index (κ3) is 9.49. The van der Waals surface area contributed by atoms with Crippen LogP contribution in [0, 0.1) is 69.2 Å². The molecule has 0 spiro atoms. The van der Waals surface area contributed by atoms with Crippen molar-refractivity contribution in [2.24, 2.45) is 0 Å². The van der Waals surface area contributed by atoms with Crippen LogP contribution in [0.4, 0.5) is 0 Å². The van der Waals surface area contributed by atoms with Gasteiger partial charge in [-0.1, -0.05) is 69.2 Å². The predicted octanol–water partition coefficient (Wildman–Crippen LogP) is 5.07. The molecular formula is C23H33O3Re2-5. The molecule has 3 nitrogen and oxygen atoms in total. The van der Waals surface area contributed by atoms with Crippen molar-refractivity contribution in [2.75, 3.05) is 0 Å². The first kappa shape index (κ1) is 34.5. The third-order valence-corrected chi connectivity index (χ3v) is 5.62. The van der Waals surface area contributed by atoms with E-state index >= 15 is 0 Å². The molecule has 0 heterocycles. The van der Waals surface area contributed by atoms with Crippen LogP contribution in [0.15, 0.2) is 0 Å². The van der Waals surface area contributed by atoms with Crippen LogP contribution in [-0.4, -0.2) is 20.4 Å². The summed E-state index contributed by atoms with van der Waals surface area (Å²) in [5, 5.41) is 0. The molecule has 0 bridgehead atoms. The molecule has 28 heavy (non-hydrogen) atoms. The number of rotatable bonds is 0. The Kier molecular flexibility index (Phi) is 23.9. The van der Waals surface area contributed by atoms with E-state index in [1.807, 2.05) is 0 Å². The zero-order chi connectivity index (χ0) is 23.8. The summed E-state index contributed by atoms with van der Waals surface area (Å²) in [7, 11) is 0. The Hall–Kier alpha value is -0.965. The van der Waals surface area contributed by atoms with Crippen molar-refractivity contribution in [1.82, 2.24) is 0 Å². The standard InChI is InChI=1S/2C10H15.3CHO.2Re/c2*1-6-7(2)9(4)10(5)8(6)3;3*1-2;;/h2*1-5H3;3*1H;;/q5*-1;;. The Morgan fingerprint density at radius 3 is 0.607 bits per heavy atom. The average molecular weight is 730 g/mol. The fourth-order valence-electron chi connectivity index (χ4n) is 2.81. The third-order valence-electron chi connectivity index (χ3n) is 5.62. The van der Waals surface area contributed by atoms with Crippen molar-refractivity contribution in [3.63, 3.8) is 0 Å². The fraction of sp³-hybridized carbons (Fsp3) is 0.435. The molecule has 0 saturated heterocycles. The second-order valence-corrected chi connectivity index (χ2v) is 6.25. The van der Waals surface area contributed by atoms with Gasteiger partial charge in [0.2, 0.25) is 0 Å². The topological polar surface area (TPSA) is 51.2 Å². The Balaban J connectivity index is -0.000000152. The first-order valence-electron chi connectivity index (χ1n) is 8.35. The first-order chi connectivity index (χ1) is 13.1. The van der Waals surface area contributed by atoms with Crippen LogP contribution in [0.25, 0.3) is 0 Å². The van der Waals surface area contributed by atoms with Crippen LogP contribution >= 0.6 is 0 Å². The van der Waals surface area contributed by atoms with Crippen LogP contribution in [0.3, 0.4) is 0 Å². The average Bonchev–Trinajstić information content (AvgIpc) is 3.04. The summed E-state index contributed by atoms with van der Waals surface area (Å²) in [5.74, 6) is 0. The molecule has 0 amide bonds. The van der Waals surface area contributed by atoms with Gasteiger partial charge in [-0.2, -0.15) is 55.6 Å². The summed E-state index contributed by atoms with van der Waals surface area (Å²) in [6.45, 7) is 31.7. The molecule has 0 aromatic heterocycles. The molecule has 0 atom stereocenters. The maximum absolute atomic E-state index is 7.75. The zero-order valence-electron chi connectivity index (χ0n) is 18.7. The van der Waals surface area contributed by atoms with Crippen LogP contribution < -0.4 is 0 Å². The number of carbonyl (C=O) groups excluding carboxylic acids is 3. The van der Waals surface area contributed by atoms with E-state index in [1.54, 1.807) is 31.1 Å². The quantitative estimate of drug-likeness (QED) is 0.282. The summed E-state index contributed by atoms with van der Waals surface area (Å²) in [6.07, 6.45) is 0. The van der Waals surface area contributed by atoms with E-state index in [1.165, 1.54) is 55.6 Å². The molecule has 2 rings (SSSR count). The minimum absolute atomic E-state index is 1.47. The summed E-state index contributed by atoms with van der Waals surface area (Å²) < 4.78 is 0. The molecule has 0 unspecified atom stereocenters. The monoisotopic (exact) mass is 731 g/mol. The number of hydrogen-bond acceptors (Lipinski definition) is 3. The van der Waals surface area contributed by atoms with Gasteiger partial charge in [0.1, 0.15) is 0 Å². The maximum atomic E-state index is 7.75. The summed E-state index contributed by atoms with van der Waals surface area (Å²) in [4.78, 5) is 23.2. The van der Waals surface area contributed by atoms with Crippen molar-refractivity contribution < 1.29 is 45.5 Å². The van der Waals surface area contributed by atoms with Crippen molar-refractivity contribution in [2.45, 2.75) is 69.2 Å². The second-order valence-electron chi connectivity index (χ2n) is 6.25. The fourth-order valence-corrected chi connectivity index (χ4v) is 2.81. The molecule has 5 heteroatoms. The number of hydrogen-bond donors (Lipinski definition) is 0. The van der Waals surface area contributed by atoms with Gasteiger partial charge in [-0.15, -0.1) is 0 Å². The molecule has 0 fully saturated rings. The Labute approximate surface area is 190 Å². The predicted molar refractivity (Wildman–Crippen MR) is 112 cm³/mol. The molecule has 0 aliphatic rings. The molecule has 0 aliphatic heterocycles. The van der Waals surface area contributed by atoms with E-state index in [0.717, 1.165) is 0 Å². The van der Waals surface area contributed by atoms with Crippen molar-refractivity contribution >= 4 is 20.4 Å². The van der Waals surface area contributed by atoms with Crippen molar-refractivity contribution in [3.8, 4) is 0 Å².